The number of halogens is 1. The Labute approximate surface area is 137 Å². The van der Waals surface area contributed by atoms with Crippen molar-refractivity contribution >= 4 is 27.4 Å². The highest BCUT2D eigenvalue weighted by atomic mass is 32.2. The van der Waals surface area contributed by atoms with Gasteiger partial charge in [-0.25, -0.2) is 9.37 Å². The lowest BCUT2D eigenvalue weighted by atomic mass is 10.1. The maximum absolute atomic E-state index is 13.9. The second-order valence-corrected chi connectivity index (χ2v) is 6.78. The molecule has 1 unspecified atom stereocenters. The molecule has 0 saturated heterocycles. The number of rotatable bonds is 4. The summed E-state index contributed by atoms with van der Waals surface area (Å²) >= 11 is 0. The van der Waals surface area contributed by atoms with Crippen LogP contribution in [0.5, 0.6) is 0 Å². The molecule has 1 N–H and O–H groups in total. The fourth-order valence-electron chi connectivity index (χ4n) is 2.48. The Morgan fingerprint density at radius 1 is 1.17 bits per heavy atom. The summed E-state index contributed by atoms with van der Waals surface area (Å²) < 4.78 is 25.3. The summed E-state index contributed by atoms with van der Waals surface area (Å²) in [5, 5.41) is 4.10. The third-order valence-corrected chi connectivity index (χ3v) is 4.59. The van der Waals surface area contributed by atoms with Gasteiger partial charge in [0.05, 0.1) is 0 Å². The Kier molecular flexibility index (Phi) is 4.39. The average Bonchev–Trinajstić information content (AvgIpc) is 2.54. The van der Waals surface area contributed by atoms with Gasteiger partial charge in [-0.15, -0.1) is 0 Å². The van der Waals surface area contributed by atoms with E-state index in [-0.39, 0.29) is 5.82 Å². The van der Waals surface area contributed by atoms with Crippen molar-refractivity contribution < 1.29 is 8.60 Å². The number of benzene rings is 2. The molecule has 23 heavy (non-hydrogen) atoms. The third-order valence-electron chi connectivity index (χ3n) is 3.66. The molecule has 3 aromatic rings. The Balaban J connectivity index is 1.87. The van der Waals surface area contributed by atoms with Crippen LogP contribution in [0.3, 0.4) is 0 Å². The predicted octanol–water partition coefficient (Wildman–Crippen LogP) is 4.03. The van der Waals surface area contributed by atoms with E-state index >= 15 is 0 Å². The number of nitrogens with zero attached hydrogens (tertiary/aromatic N) is 1. The highest BCUT2D eigenvalue weighted by Crippen LogP contribution is 2.25. The minimum Gasteiger partial charge on any atom is -0.380 e. The summed E-state index contributed by atoms with van der Waals surface area (Å²) in [5.74, 6) is -0.316. The van der Waals surface area contributed by atoms with Crippen molar-refractivity contribution in [2.45, 2.75) is 18.4 Å². The van der Waals surface area contributed by atoms with Crippen LogP contribution in [-0.4, -0.2) is 15.4 Å². The molecule has 1 aromatic heterocycles. The van der Waals surface area contributed by atoms with Gasteiger partial charge in [-0.05, 0) is 36.8 Å². The fourth-order valence-corrected chi connectivity index (χ4v) is 3.00. The predicted molar refractivity (Wildman–Crippen MR) is 92.5 cm³/mol. The lowest BCUT2D eigenvalue weighted by molar-refractivity contribution is 0.636. The van der Waals surface area contributed by atoms with Gasteiger partial charge in [0.25, 0.3) is 0 Å². The van der Waals surface area contributed by atoms with Crippen LogP contribution >= 0.6 is 0 Å². The lowest BCUT2D eigenvalue weighted by Crippen LogP contribution is -2.02. The minimum atomic E-state index is -0.972. The van der Waals surface area contributed by atoms with Crippen molar-refractivity contribution in [3.63, 3.8) is 0 Å². The van der Waals surface area contributed by atoms with E-state index < -0.39 is 10.8 Å². The van der Waals surface area contributed by atoms with Crippen LogP contribution in [0.25, 0.3) is 10.9 Å². The van der Waals surface area contributed by atoms with Gasteiger partial charge in [0.1, 0.15) is 11.3 Å². The van der Waals surface area contributed by atoms with Crippen LogP contribution in [0.15, 0.2) is 53.4 Å². The first-order valence-electron chi connectivity index (χ1n) is 7.27. The molecule has 0 radical (unpaired) electrons. The Hall–Kier alpha value is -2.27. The largest absolute Gasteiger partial charge is 0.380 e. The fraction of sp³-hybridized carbons (Fsp3) is 0.167. The van der Waals surface area contributed by atoms with E-state index in [0.717, 1.165) is 27.2 Å². The van der Waals surface area contributed by atoms with Crippen molar-refractivity contribution in [3.8, 4) is 0 Å². The molecule has 0 spiro atoms. The van der Waals surface area contributed by atoms with E-state index in [2.05, 4.69) is 10.3 Å². The van der Waals surface area contributed by atoms with Crippen LogP contribution in [0.1, 0.15) is 11.3 Å². The molecule has 1 atom stereocenters. The molecule has 3 nitrogen and oxygen atoms in total. The minimum absolute atomic E-state index is 0.316. The number of anilines is 1. The number of para-hydroxylation sites is 1. The van der Waals surface area contributed by atoms with Gasteiger partial charge >= 0.3 is 0 Å². The van der Waals surface area contributed by atoms with Gasteiger partial charge in [-0.2, -0.15) is 0 Å². The first-order chi connectivity index (χ1) is 11.0. The number of aryl methyl sites for hydroxylation is 1. The van der Waals surface area contributed by atoms with Gasteiger partial charge in [-0.1, -0.05) is 24.3 Å². The second-order valence-electron chi connectivity index (χ2n) is 5.40. The first kappa shape index (κ1) is 15.6. The van der Waals surface area contributed by atoms with E-state index in [1.807, 2.05) is 43.3 Å². The van der Waals surface area contributed by atoms with Crippen molar-refractivity contribution in [2.75, 3.05) is 11.6 Å². The van der Waals surface area contributed by atoms with Crippen molar-refractivity contribution in [2.24, 2.45) is 0 Å². The van der Waals surface area contributed by atoms with Crippen LogP contribution in [-0.2, 0) is 17.3 Å². The Morgan fingerprint density at radius 3 is 2.61 bits per heavy atom. The molecular weight excluding hydrogens is 311 g/mol. The van der Waals surface area contributed by atoms with Crippen LogP contribution in [0.2, 0.25) is 0 Å². The molecule has 0 aliphatic heterocycles. The molecule has 0 aliphatic rings. The van der Waals surface area contributed by atoms with Crippen LogP contribution < -0.4 is 5.32 Å². The number of pyridine rings is 1. The number of hydrogen-bond acceptors (Lipinski definition) is 3. The zero-order chi connectivity index (χ0) is 16.4. The number of fused-ring (bicyclic) bond motifs is 1. The highest BCUT2D eigenvalue weighted by Gasteiger charge is 2.08. The Morgan fingerprint density at radius 2 is 1.91 bits per heavy atom. The van der Waals surface area contributed by atoms with Crippen LogP contribution in [0.4, 0.5) is 10.1 Å². The molecule has 3 rings (SSSR count). The van der Waals surface area contributed by atoms with E-state index in [1.165, 1.54) is 6.07 Å². The smallest absolute Gasteiger partial charge is 0.149 e. The Bertz CT molecular complexity index is 878. The molecule has 0 amide bonds. The summed E-state index contributed by atoms with van der Waals surface area (Å²) in [6, 6.07) is 14.5. The topological polar surface area (TPSA) is 42.0 Å². The monoisotopic (exact) mass is 328 g/mol. The number of hydrogen-bond donors (Lipinski definition) is 1. The molecule has 0 aliphatic carbocycles. The summed E-state index contributed by atoms with van der Waals surface area (Å²) in [6.07, 6.45) is 1.66. The van der Waals surface area contributed by atoms with Gasteiger partial charge in [-0.3, -0.25) is 4.21 Å². The van der Waals surface area contributed by atoms with E-state index in [4.69, 9.17) is 0 Å². The van der Waals surface area contributed by atoms with Crippen molar-refractivity contribution in [1.82, 2.24) is 4.98 Å². The molecule has 0 bridgehead atoms. The van der Waals surface area contributed by atoms with E-state index in [1.54, 1.807) is 12.3 Å². The second kappa shape index (κ2) is 6.46. The summed E-state index contributed by atoms with van der Waals surface area (Å²) in [5.41, 5.74) is 3.07. The number of aromatic nitrogens is 1. The lowest BCUT2D eigenvalue weighted by Gasteiger charge is -2.11. The zero-order valence-corrected chi connectivity index (χ0v) is 13.8. The van der Waals surface area contributed by atoms with Gasteiger partial charge in [0.2, 0.25) is 0 Å². The van der Waals surface area contributed by atoms with E-state index in [0.29, 0.717) is 12.1 Å². The molecule has 1 heterocycles. The molecule has 0 saturated carbocycles. The quantitative estimate of drug-likeness (QED) is 0.786. The molecular formula is C18H17FN2OS. The van der Waals surface area contributed by atoms with Gasteiger partial charge in [0.15, 0.2) is 0 Å². The maximum atomic E-state index is 13.9. The third kappa shape index (κ3) is 3.40. The highest BCUT2D eigenvalue weighted by molar-refractivity contribution is 7.84. The van der Waals surface area contributed by atoms with Gasteiger partial charge < -0.3 is 5.32 Å². The zero-order valence-electron chi connectivity index (χ0n) is 13.0. The van der Waals surface area contributed by atoms with Crippen molar-refractivity contribution in [3.05, 3.63) is 65.6 Å². The first-order valence-corrected chi connectivity index (χ1v) is 8.82. The van der Waals surface area contributed by atoms with Crippen LogP contribution in [0, 0.1) is 12.7 Å². The maximum Gasteiger partial charge on any atom is 0.149 e. The average molecular weight is 328 g/mol. The molecule has 118 valence electrons. The van der Waals surface area contributed by atoms with Gasteiger partial charge in [0, 0.05) is 45.3 Å². The molecule has 5 heteroatoms. The normalized spacial score (nSPS) is 12.3. The van der Waals surface area contributed by atoms with Crippen molar-refractivity contribution in [1.29, 1.82) is 0 Å². The summed E-state index contributed by atoms with van der Waals surface area (Å²) in [4.78, 5) is 5.08. The SMILES string of the molecule is Cc1cc(NCc2ccc(S(C)=O)cc2)c2cccc(F)c2n1. The van der Waals surface area contributed by atoms with E-state index in [9.17, 15) is 8.60 Å². The number of nitrogens with one attached hydrogen (secondary N) is 1. The molecule has 2 aromatic carbocycles. The standard InChI is InChI=1S/C18H17FN2OS/c1-12-10-17(15-4-3-5-16(19)18(15)21-12)20-11-13-6-8-14(9-7-13)23(2)22/h3-10H,11H2,1-2H3,(H,20,21). The summed E-state index contributed by atoms with van der Waals surface area (Å²) in [6.45, 7) is 2.45. The summed E-state index contributed by atoms with van der Waals surface area (Å²) in [7, 11) is -0.972. The molecule has 0 fully saturated rings.